The Hall–Kier alpha value is -1.61. The zero-order valence-corrected chi connectivity index (χ0v) is 17.9. The molecule has 6 nitrogen and oxygen atoms in total. The van der Waals surface area contributed by atoms with Crippen LogP contribution in [0.1, 0.15) is 25.3 Å². The maximum Gasteiger partial charge on any atom is 0.191 e. The molecule has 1 aromatic carbocycles. The van der Waals surface area contributed by atoms with E-state index in [1.807, 2.05) is 30.2 Å². The second-order valence-electron chi connectivity index (χ2n) is 6.33. The molecule has 1 aliphatic rings. The molecule has 2 aromatic rings. The quantitative estimate of drug-likeness (QED) is 0.389. The summed E-state index contributed by atoms with van der Waals surface area (Å²) in [6.45, 7) is 6.23. The van der Waals surface area contributed by atoms with E-state index in [2.05, 4.69) is 50.6 Å². The van der Waals surface area contributed by atoms with Gasteiger partial charge in [-0.15, -0.1) is 24.0 Å². The summed E-state index contributed by atoms with van der Waals surface area (Å²) in [6, 6.07) is 8.95. The number of para-hydroxylation sites is 1. The van der Waals surface area contributed by atoms with Crippen LogP contribution in [0.3, 0.4) is 0 Å². The average molecular weight is 468 g/mol. The molecule has 0 aliphatic carbocycles. The maximum atomic E-state index is 4.36. The third kappa shape index (κ3) is 5.20. The first-order chi connectivity index (χ1) is 12.3. The molecule has 0 saturated carbocycles. The Bertz CT molecular complexity index is 685. The van der Waals surface area contributed by atoms with Crippen LogP contribution in [-0.4, -0.2) is 53.1 Å². The fraction of sp³-hybridized carbons (Fsp3) is 0.474. The van der Waals surface area contributed by atoms with Gasteiger partial charge in [-0.1, -0.05) is 25.1 Å². The summed E-state index contributed by atoms with van der Waals surface area (Å²) in [5, 5.41) is 6.91. The van der Waals surface area contributed by atoms with Crippen LogP contribution in [0.25, 0.3) is 5.69 Å². The van der Waals surface area contributed by atoms with Crippen molar-refractivity contribution in [1.82, 2.24) is 25.1 Å². The van der Waals surface area contributed by atoms with Crippen molar-refractivity contribution in [3.05, 3.63) is 48.5 Å². The lowest BCUT2D eigenvalue weighted by molar-refractivity contribution is 0.267. The number of guanidine groups is 1. The van der Waals surface area contributed by atoms with Gasteiger partial charge in [-0.05, 0) is 37.6 Å². The molecule has 0 bridgehead atoms. The molecule has 1 aliphatic heterocycles. The van der Waals surface area contributed by atoms with Gasteiger partial charge in [-0.3, -0.25) is 9.89 Å². The number of halogens is 1. The average Bonchev–Trinajstić information content (AvgIpc) is 3.33. The first-order valence-corrected chi connectivity index (χ1v) is 9.06. The molecule has 1 fully saturated rings. The summed E-state index contributed by atoms with van der Waals surface area (Å²) < 4.78 is 2.03. The Morgan fingerprint density at radius 3 is 2.88 bits per heavy atom. The smallest absolute Gasteiger partial charge is 0.191 e. The van der Waals surface area contributed by atoms with E-state index in [0.717, 1.165) is 31.3 Å². The van der Waals surface area contributed by atoms with E-state index in [9.17, 15) is 0 Å². The van der Waals surface area contributed by atoms with Crippen molar-refractivity contribution in [1.29, 1.82) is 0 Å². The lowest BCUT2D eigenvalue weighted by Crippen LogP contribution is -2.44. The molecule has 1 saturated heterocycles. The van der Waals surface area contributed by atoms with Gasteiger partial charge < -0.3 is 15.2 Å². The van der Waals surface area contributed by atoms with Gasteiger partial charge in [0.2, 0.25) is 0 Å². The predicted octanol–water partition coefficient (Wildman–Crippen LogP) is 2.64. The number of imidazole rings is 1. The third-order valence-electron chi connectivity index (χ3n) is 4.85. The normalized spacial score (nSPS) is 17.8. The monoisotopic (exact) mass is 468 g/mol. The zero-order chi connectivity index (χ0) is 17.5. The van der Waals surface area contributed by atoms with E-state index in [1.165, 1.54) is 24.9 Å². The second kappa shape index (κ2) is 10.5. The number of rotatable bonds is 6. The largest absolute Gasteiger partial charge is 0.355 e. The van der Waals surface area contributed by atoms with Crippen LogP contribution in [0.2, 0.25) is 0 Å². The number of nitrogens with one attached hydrogen (secondary N) is 2. The molecule has 1 unspecified atom stereocenters. The van der Waals surface area contributed by atoms with Crippen molar-refractivity contribution in [3.63, 3.8) is 0 Å². The van der Waals surface area contributed by atoms with Gasteiger partial charge in [-0.2, -0.15) is 0 Å². The summed E-state index contributed by atoms with van der Waals surface area (Å²) in [4.78, 5) is 11.0. The van der Waals surface area contributed by atoms with E-state index in [0.29, 0.717) is 6.04 Å². The molecule has 2 N–H and O–H groups in total. The molecule has 142 valence electrons. The van der Waals surface area contributed by atoms with Crippen molar-refractivity contribution in [2.45, 2.75) is 32.4 Å². The number of likely N-dealkylation sites (N-methyl/N-ethyl adjacent to an activating group) is 1. The molecule has 1 atom stereocenters. The lowest BCUT2D eigenvalue weighted by atomic mass is 10.1. The first kappa shape index (κ1) is 20.7. The Morgan fingerprint density at radius 2 is 2.15 bits per heavy atom. The molecule has 3 rings (SSSR count). The molecule has 26 heavy (non-hydrogen) atoms. The van der Waals surface area contributed by atoms with Crippen LogP contribution in [0.15, 0.2) is 48.0 Å². The fourth-order valence-corrected chi connectivity index (χ4v) is 3.47. The fourth-order valence-electron chi connectivity index (χ4n) is 3.47. The highest BCUT2D eigenvalue weighted by Gasteiger charge is 2.22. The Labute approximate surface area is 173 Å². The van der Waals surface area contributed by atoms with Gasteiger partial charge >= 0.3 is 0 Å². The van der Waals surface area contributed by atoms with Crippen LogP contribution in [0.4, 0.5) is 0 Å². The standard InChI is InChI=1S/C19H28N6.HI/c1-3-24-11-6-8-17(24)14-23-19(20-2)22-13-16-7-4-5-9-18(16)25-12-10-21-15-25;/h4-5,7,9-10,12,15,17H,3,6,8,11,13-14H2,1-2H3,(H2,20,22,23);1H. The van der Waals surface area contributed by atoms with Crippen molar-refractivity contribution < 1.29 is 0 Å². The SMILES string of the molecule is CCN1CCCC1CNC(=NC)NCc1ccccc1-n1ccnc1.I. The van der Waals surface area contributed by atoms with Crippen molar-refractivity contribution in [2.24, 2.45) is 4.99 Å². The van der Waals surface area contributed by atoms with Gasteiger partial charge in [0, 0.05) is 38.6 Å². The van der Waals surface area contributed by atoms with Crippen LogP contribution >= 0.6 is 24.0 Å². The summed E-state index contributed by atoms with van der Waals surface area (Å²) in [5.41, 5.74) is 2.34. The topological polar surface area (TPSA) is 57.5 Å². The second-order valence-corrected chi connectivity index (χ2v) is 6.33. The number of likely N-dealkylation sites (tertiary alicyclic amines) is 1. The van der Waals surface area contributed by atoms with Crippen molar-refractivity contribution in [2.75, 3.05) is 26.7 Å². The molecular weight excluding hydrogens is 439 g/mol. The molecule has 0 radical (unpaired) electrons. The highest BCUT2D eigenvalue weighted by atomic mass is 127. The molecular formula is C19H29IN6. The minimum absolute atomic E-state index is 0. The summed E-state index contributed by atoms with van der Waals surface area (Å²) in [5.74, 6) is 0.850. The Kier molecular flexibility index (Phi) is 8.37. The van der Waals surface area contributed by atoms with Crippen LogP contribution < -0.4 is 10.6 Å². The van der Waals surface area contributed by atoms with E-state index in [-0.39, 0.29) is 24.0 Å². The van der Waals surface area contributed by atoms with Gasteiger partial charge in [0.1, 0.15) is 0 Å². The number of aliphatic imine (C=N–C) groups is 1. The number of hydrogen-bond acceptors (Lipinski definition) is 3. The Morgan fingerprint density at radius 1 is 1.31 bits per heavy atom. The first-order valence-electron chi connectivity index (χ1n) is 9.06. The van der Waals surface area contributed by atoms with Gasteiger partial charge in [-0.25, -0.2) is 4.98 Å². The van der Waals surface area contributed by atoms with Crippen LogP contribution in [0, 0.1) is 0 Å². The number of hydrogen-bond donors (Lipinski definition) is 2. The number of benzene rings is 1. The number of aromatic nitrogens is 2. The molecule has 7 heteroatoms. The molecule has 1 aromatic heterocycles. The zero-order valence-electron chi connectivity index (χ0n) is 15.6. The highest BCUT2D eigenvalue weighted by Crippen LogP contribution is 2.16. The van der Waals surface area contributed by atoms with Crippen molar-refractivity contribution >= 4 is 29.9 Å². The van der Waals surface area contributed by atoms with E-state index >= 15 is 0 Å². The molecule has 0 amide bonds. The van der Waals surface area contributed by atoms with Crippen LogP contribution in [0.5, 0.6) is 0 Å². The van der Waals surface area contributed by atoms with Crippen LogP contribution in [-0.2, 0) is 6.54 Å². The summed E-state index contributed by atoms with van der Waals surface area (Å²) in [7, 11) is 1.82. The van der Waals surface area contributed by atoms with Gasteiger partial charge in [0.25, 0.3) is 0 Å². The molecule has 0 spiro atoms. The van der Waals surface area contributed by atoms with E-state index < -0.39 is 0 Å². The molecule has 2 heterocycles. The summed E-state index contributed by atoms with van der Waals surface area (Å²) in [6.07, 6.45) is 8.15. The minimum atomic E-state index is 0. The minimum Gasteiger partial charge on any atom is -0.355 e. The lowest BCUT2D eigenvalue weighted by Gasteiger charge is -2.24. The maximum absolute atomic E-state index is 4.36. The third-order valence-corrected chi connectivity index (χ3v) is 4.85. The number of nitrogens with zero attached hydrogens (tertiary/aromatic N) is 4. The van der Waals surface area contributed by atoms with Gasteiger partial charge in [0.15, 0.2) is 5.96 Å². The van der Waals surface area contributed by atoms with Crippen molar-refractivity contribution in [3.8, 4) is 5.69 Å². The summed E-state index contributed by atoms with van der Waals surface area (Å²) >= 11 is 0. The Balaban J connectivity index is 0.00000243. The van der Waals surface area contributed by atoms with E-state index in [1.54, 1.807) is 6.20 Å². The predicted molar refractivity (Wildman–Crippen MR) is 117 cm³/mol. The van der Waals surface area contributed by atoms with E-state index in [4.69, 9.17) is 0 Å². The highest BCUT2D eigenvalue weighted by molar-refractivity contribution is 14.0. The van der Waals surface area contributed by atoms with Gasteiger partial charge in [0.05, 0.1) is 12.0 Å².